The molecule has 0 rings (SSSR count). The molecule has 32 heavy (non-hydrogen) atoms. The van der Waals surface area contributed by atoms with Crippen molar-refractivity contribution in [2.75, 3.05) is 0 Å². The Bertz CT molecular complexity index is 61.5. The first-order valence-electron chi connectivity index (χ1n) is 0.612. The smallest absolute Gasteiger partial charge is 0.870 e. The van der Waals surface area contributed by atoms with Gasteiger partial charge in [-0.1, -0.05) is 0 Å². The molecule has 23 nitrogen and oxygen atoms in total. The largest absolute Gasteiger partial charge is 3.00 e. The molecule has 0 saturated heterocycles. The number of carbonyl (C=O) groups excluding carboxylic acids is 1. The predicted molar refractivity (Wildman–Crippen MR) is 96.9 cm³/mol. The summed E-state index contributed by atoms with van der Waals surface area (Å²) >= 11 is 0. The Morgan fingerprint density at radius 2 is 0.312 bits per heavy atom. The zero-order valence-electron chi connectivity index (χ0n) is 16.3. The molecule has 0 fully saturated rings. The van der Waals surface area contributed by atoms with Gasteiger partial charge in [-0.3, -0.25) is 0 Å². The molecule has 0 atom stereocenters. The van der Waals surface area contributed by atoms with E-state index in [0.29, 0.717) is 0 Å². The summed E-state index contributed by atoms with van der Waals surface area (Å²) < 4.78 is 0. The van der Waals surface area contributed by atoms with Gasteiger partial charge in [-0.25, -0.2) is 0 Å². The Morgan fingerprint density at radius 1 is 0.312 bits per heavy atom. The van der Waals surface area contributed by atoms with Crippen LogP contribution in [0, 0.1) is 0 Å². The molecule has 0 aromatic heterocycles. The van der Waals surface area contributed by atoms with Crippen molar-refractivity contribution in [3.05, 3.63) is 0 Å². The van der Waals surface area contributed by atoms with Crippen LogP contribution >= 0.6 is 0 Å². The quantitative estimate of drug-likeness (QED) is 0.232. The Labute approximate surface area is 299 Å². The van der Waals surface area contributed by atoms with Crippen LogP contribution in [0.2, 0.25) is 0 Å². The number of hydrogen-bond donors (Lipinski definition) is 0. The summed E-state index contributed by atoms with van der Waals surface area (Å²) in [6.07, 6.45) is -2.33. The molecule has 184 valence electrons. The molecule has 0 unspecified atom stereocenters. The van der Waals surface area contributed by atoms with Crippen LogP contribution in [0.25, 0.3) is 0 Å². The molecular formula is CH24Al2Mg6O23. The van der Waals surface area contributed by atoms with E-state index in [9.17, 15) is 0 Å². The van der Waals surface area contributed by atoms with Crippen molar-refractivity contribution >= 4 is 179 Å². The molecule has 24 N–H and O–H groups in total. The van der Waals surface area contributed by atoms with Gasteiger partial charge in [-0.15, -0.1) is 0 Å². The first-order valence-corrected chi connectivity index (χ1v) is 0.612. The number of carboxylic acid groups (broad SMARTS) is 2. The predicted octanol–water partition coefficient (Wildman–Crippen LogP) is -11.6. The van der Waals surface area contributed by atoms with Gasteiger partial charge in [0.25, 0.3) is 0 Å². The molecule has 0 amide bonds. The summed E-state index contributed by atoms with van der Waals surface area (Å²) in [5.41, 5.74) is 0. The molecule has 0 bridgehead atoms. The second-order valence-corrected chi connectivity index (χ2v) is 0.250. The van der Waals surface area contributed by atoms with Crippen molar-refractivity contribution in [2.24, 2.45) is 0 Å². The van der Waals surface area contributed by atoms with Gasteiger partial charge in [-0.05, 0) is 6.16 Å². The van der Waals surface area contributed by atoms with Crippen LogP contribution in [-0.4, -0.2) is 289 Å². The van der Waals surface area contributed by atoms with E-state index >= 15 is 0 Å². The van der Waals surface area contributed by atoms with Crippen molar-refractivity contribution < 1.29 is 125 Å². The van der Waals surface area contributed by atoms with E-state index in [1.165, 1.54) is 0 Å². The first kappa shape index (κ1) is 877. The van der Waals surface area contributed by atoms with Crippen molar-refractivity contribution in [1.82, 2.24) is 0 Å². The van der Waals surface area contributed by atoms with Crippen LogP contribution in [0.5, 0.6) is 0 Å². The van der Waals surface area contributed by atoms with Crippen LogP contribution in [-0.2, 0) is 0 Å². The average Bonchev–Trinajstić information content (AvgIpc) is 0.811. The second-order valence-electron chi connectivity index (χ2n) is 0.250. The molecule has 31 heteroatoms. The van der Waals surface area contributed by atoms with E-state index in [-0.39, 0.29) is 283 Å². The first-order chi connectivity index (χ1) is 1.73. The van der Waals surface area contributed by atoms with Crippen LogP contribution in [0.3, 0.4) is 0 Å². The molecule has 0 aliphatic carbocycles. The Hall–Kier alpha value is 4.13. The minimum absolute atomic E-state index is 0. The van der Waals surface area contributed by atoms with Gasteiger partial charge >= 0.3 is 173 Å². The third-order valence-corrected chi connectivity index (χ3v) is 0. The standard InChI is InChI=1S/CH2O3.2Al.6Mg.20H2O/c2-1(3)4;;;;;;;;;;;;;;;;;;;;;;;;;;;;/h(H2,2,3,4);;;;;;;;;20*1H2/q;2*+3;6*+2;;;;;;;;;;;;;;;;;;;;/p-18. The zero-order chi connectivity index (χ0) is 3.58. The zero-order valence-corrected chi connectivity index (χ0v) is 27.1. The van der Waals surface area contributed by atoms with Crippen molar-refractivity contribution in [3.63, 3.8) is 0 Å². The molecule has 0 aliphatic heterocycles. The Morgan fingerprint density at radius 3 is 0.312 bits per heavy atom. The maximum absolute atomic E-state index is 8.33. The normalized spacial score (nSPS) is 0.750. The molecule has 0 saturated carbocycles. The van der Waals surface area contributed by atoms with E-state index in [1.807, 2.05) is 0 Å². The third-order valence-electron chi connectivity index (χ3n) is 0. The average molecular weight is 604 g/mol. The summed E-state index contributed by atoms with van der Waals surface area (Å²) in [6, 6.07) is 0. The third kappa shape index (κ3) is 2190. The molecular weight excluding hydrogens is 580 g/mol. The maximum atomic E-state index is 8.33. The fourth-order valence-electron chi connectivity index (χ4n) is 0. The summed E-state index contributed by atoms with van der Waals surface area (Å²) in [6.45, 7) is 0. The van der Waals surface area contributed by atoms with Gasteiger partial charge in [0.15, 0.2) is 0 Å². The van der Waals surface area contributed by atoms with Gasteiger partial charge in [0.1, 0.15) is 0 Å². The van der Waals surface area contributed by atoms with Crippen LogP contribution in [0.15, 0.2) is 0 Å². The molecule has 0 heterocycles. The van der Waals surface area contributed by atoms with Gasteiger partial charge in [-0.2, -0.15) is 0 Å². The van der Waals surface area contributed by atoms with Crippen molar-refractivity contribution in [3.8, 4) is 0 Å². The Kier molecular flexibility index (Phi) is 22000. The second kappa shape index (κ2) is 805. The maximum Gasteiger partial charge on any atom is 3.00 e. The topological polar surface area (TPSA) is 669 Å². The van der Waals surface area contributed by atoms with E-state index in [1.54, 1.807) is 0 Å². The molecule has 0 aliphatic rings. The summed E-state index contributed by atoms with van der Waals surface area (Å²) in [5.74, 6) is 0. The van der Waals surface area contributed by atoms with Gasteiger partial charge < -0.3 is 125 Å². The van der Waals surface area contributed by atoms with Gasteiger partial charge in [0.2, 0.25) is 0 Å². The van der Waals surface area contributed by atoms with E-state index in [0.717, 1.165) is 0 Å². The van der Waals surface area contributed by atoms with Crippen LogP contribution in [0.4, 0.5) is 4.79 Å². The fourth-order valence-corrected chi connectivity index (χ4v) is 0. The minimum atomic E-state index is -2.33. The molecule has 0 aromatic rings. The number of carbonyl (C=O) groups is 1. The van der Waals surface area contributed by atoms with Gasteiger partial charge in [0.05, 0.1) is 0 Å². The summed E-state index contributed by atoms with van der Waals surface area (Å²) in [5, 5.41) is 16.7. The Balaban J connectivity index is -0.000000000119. The molecule has 0 aromatic carbocycles. The van der Waals surface area contributed by atoms with Crippen LogP contribution in [0.1, 0.15) is 0 Å². The van der Waals surface area contributed by atoms with Crippen molar-refractivity contribution in [1.29, 1.82) is 0 Å². The van der Waals surface area contributed by atoms with E-state index < -0.39 is 6.16 Å². The minimum Gasteiger partial charge on any atom is -0.870 e. The molecule has 0 radical (unpaired) electrons. The summed E-state index contributed by atoms with van der Waals surface area (Å²) in [7, 11) is 0. The van der Waals surface area contributed by atoms with E-state index in [4.69, 9.17) is 15.0 Å². The SMILES string of the molecule is O.O.O.O.O=C([O-])[O-].[Al+3].[Al+3].[Mg+2].[Mg+2].[Mg+2].[Mg+2].[Mg+2].[Mg+2].[OH-].[OH-].[OH-].[OH-].[OH-].[OH-].[OH-].[OH-].[OH-].[OH-].[OH-].[OH-].[OH-].[OH-].[OH-].[OH-]. The fraction of sp³-hybridized carbons (Fsp3) is 0. The number of rotatable bonds is 0. The monoisotopic (exact) mass is 602 g/mol. The van der Waals surface area contributed by atoms with Crippen LogP contribution < -0.4 is 10.2 Å². The van der Waals surface area contributed by atoms with Gasteiger partial charge in [0, 0.05) is 0 Å². The summed E-state index contributed by atoms with van der Waals surface area (Å²) in [4.78, 5) is 8.33. The molecule has 0 spiro atoms. The van der Waals surface area contributed by atoms with E-state index in [2.05, 4.69) is 0 Å². The van der Waals surface area contributed by atoms with Crippen molar-refractivity contribution in [2.45, 2.75) is 0 Å². The number of hydrogen-bond acceptors (Lipinski definition) is 19.